The van der Waals surface area contributed by atoms with Crippen LogP contribution in [0.4, 0.5) is 5.69 Å². The summed E-state index contributed by atoms with van der Waals surface area (Å²) in [6, 6.07) is 4.43. The molecule has 1 heterocycles. The average Bonchev–Trinajstić information content (AvgIpc) is 2.86. The van der Waals surface area contributed by atoms with Gasteiger partial charge in [0.1, 0.15) is 0 Å². The predicted octanol–water partition coefficient (Wildman–Crippen LogP) is 1.82. The molecule has 2 rings (SSSR count). The highest BCUT2D eigenvalue weighted by molar-refractivity contribution is 7.92. The monoisotopic (exact) mass is 314 g/mol. The largest absolute Gasteiger partial charge is 0.326 e. The number of nitrogens with two attached hydrogens (primary N) is 1. The Balaban J connectivity index is 2.30. The van der Waals surface area contributed by atoms with Gasteiger partial charge >= 0.3 is 0 Å². The highest BCUT2D eigenvalue weighted by Crippen LogP contribution is 2.22. The molecule has 0 atom stereocenters. The molecular weight excluding hydrogens is 300 g/mol. The topological polar surface area (TPSA) is 90.0 Å². The van der Waals surface area contributed by atoms with Crippen LogP contribution in [0.2, 0.25) is 5.02 Å². The van der Waals surface area contributed by atoms with Gasteiger partial charge in [-0.3, -0.25) is 9.40 Å². The summed E-state index contributed by atoms with van der Waals surface area (Å²) >= 11 is 5.92. The summed E-state index contributed by atoms with van der Waals surface area (Å²) in [5, 5.41) is 4.46. The summed E-state index contributed by atoms with van der Waals surface area (Å²) in [6.45, 7) is 2.76. The molecule has 0 unspecified atom stereocenters. The lowest BCUT2D eigenvalue weighted by atomic mass is 10.2. The molecule has 0 radical (unpaired) electrons. The molecule has 6 nitrogen and oxygen atoms in total. The van der Waals surface area contributed by atoms with E-state index >= 15 is 0 Å². The van der Waals surface area contributed by atoms with Crippen molar-refractivity contribution in [3.63, 3.8) is 0 Å². The van der Waals surface area contributed by atoms with E-state index in [4.69, 9.17) is 17.3 Å². The summed E-state index contributed by atoms with van der Waals surface area (Å²) in [5.74, 6) is 0. The Bertz CT molecular complexity index is 712. The third-order valence-corrected chi connectivity index (χ3v) is 4.50. The lowest BCUT2D eigenvalue weighted by molar-refractivity contribution is 0.601. The second-order valence-electron chi connectivity index (χ2n) is 4.15. The maximum Gasteiger partial charge on any atom is 0.262 e. The lowest BCUT2D eigenvalue weighted by Crippen LogP contribution is -2.13. The molecule has 8 heteroatoms. The number of aryl methyl sites for hydroxylation is 1. The summed E-state index contributed by atoms with van der Waals surface area (Å²) in [5.41, 5.74) is 6.52. The second-order valence-corrected chi connectivity index (χ2v) is 6.24. The van der Waals surface area contributed by atoms with Crippen LogP contribution < -0.4 is 10.5 Å². The molecule has 0 fully saturated rings. The minimum atomic E-state index is -3.68. The molecule has 108 valence electrons. The van der Waals surface area contributed by atoms with Crippen LogP contribution in [0.3, 0.4) is 0 Å². The van der Waals surface area contributed by atoms with Crippen molar-refractivity contribution < 1.29 is 8.42 Å². The van der Waals surface area contributed by atoms with Gasteiger partial charge in [-0.2, -0.15) is 5.10 Å². The number of sulfonamides is 1. The maximum absolute atomic E-state index is 12.2. The number of nitrogens with zero attached hydrogens (tertiary/aromatic N) is 2. The van der Waals surface area contributed by atoms with E-state index in [1.54, 1.807) is 10.9 Å². The first-order valence-electron chi connectivity index (χ1n) is 6.00. The zero-order valence-corrected chi connectivity index (χ0v) is 12.4. The molecule has 1 aromatic carbocycles. The highest BCUT2D eigenvalue weighted by Gasteiger charge is 2.16. The predicted molar refractivity (Wildman–Crippen MR) is 78.1 cm³/mol. The van der Waals surface area contributed by atoms with Gasteiger partial charge in [-0.25, -0.2) is 8.42 Å². The van der Waals surface area contributed by atoms with Gasteiger partial charge in [0.05, 0.1) is 16.8 Å². The first-order valence-corrected chi connectivity index (χ1v) is 7.86. The van der Waals surface area contributed by atoms with Gasteiger partial charge in [-0.15, -0.1) is 0 Å². The summed E-state index contributed by atoms with van der Waals surface area (Å²) in [4.78, 5) is 0.117. The normalized spacial score (nSPS) is 11.6. The van der Waals surface area contributed by atoms with Gasteiger partial charge in [0.2, 0.25) is 0 Å². The van der Waals surface area contributed by atoms with Crippen LogP contribution in [0.5, 0.6) is 0 Å². The molecule has 0 aliphatic heterocycles. The van der Waals surface area contributed by atoms with Gasteiger partial charge in [0.15, 0.2) is 0 Å². The number of halogens is 1. The Morgan fingerprint density at radius 3 is 2.80 bits per heavy atom. The lowest BCUT2D eigenvalue weighted by Gasteiger charge is -2.08. The molecule has 1 aromatic heterocycles. The van der Waals surface area contributed by atoms with Crippen LogP contribution in [0.25, 0.3) is 0 Å². The van der Waals surface area contributed by atoms with Gasteiger partial charge in [-0.1, -0.05) is 11.6 Å². The number of nitrogens with one attached hydrogen (secondary N) is 1. The third kappa shape index (κ3) is 3.12. The van der Waals surface area contributed by atoms with Crippen LogP contribution >= 0.6 is 11.6 Å². The third-order valence-electron chi connectivity index (χ3n) is 2.76. The number of hydrogen-bond acceptors (Lipinski definition) is 4. The molecule has 0 amide bonds. The molecule has 3 N–H and O–H groups in total. The summed E-state index contributed by atoms with van der Waals surface area (Å²) in [7, 11) is -3.68. The van der Waals surface area contributed by atoms with E-state index in [0.29, 0.717) is 22.8 Å². The minimum absolute atomic E-state index is 0.117. The van der Waals surface area contributed by atoms with Crippen molar-refractivity contribution in [3.05, 3.63) is 41.2 Å². The second kappa shape index (κ2) is 5.82. The SMILES string of the molecule is CCn1cc(NS(=O)(=O)c2ccc(Cl)c(CN)c2)cn1. The number of hydrogen-bond donors (Lipinski definition) is 2. The van der Waals surface area contributed by atoms with Crippen molar-refractivity contribution in [2.24, 2.45) is 5.73 Å². The fourth-order valence-corrected chi connectivity index (χ4v) is 2.95. The van der Waals surface area contributed by atoms with Gasteiger partial charge in [0.25, 0.3) is 10.0 Å². The molecule has 2 aromatic rings. The first-order chi connectivity index (χ1) is 9.46. The van der Waals surface area contributed by atoms with Crippen molar-refractivity contribution in [3.8, 4) is 0 Å². The minimum Gasteiger partial charge on any atom is -0.326 e. The molecule has 0 aliphatic carbocycles. The maximum atomic E-state index is 12.2. The van der Waals surface area contributed by atoms with Crippen LogP contribution in [0, 0.1) is 0 Å². The zero-order valence-electron chi connectivity index (χ0n) is 10.9. The molecule has 0 aliphatic rings. The van der Waals surface area contributed by atoms with E-state index in [-0.39, 0.29) is 11.4 Å². The Morgan fingerprint density at radius 1 is 1.45 bits per heavy atom. The Hall–Kier alpha value is -1.57. The van der Waals surface area contributed by atoms with Crippen molar-refractivity contribution >= 4 is 27.3 Å². The fourth-order valence-electron chi connectivity index (χ4n) is 1.68. The van der Waals surface area contributed by atoms with Crippen LogP contribution in [-0.4, -0.2) is 18.2 Å². The summed E-state index contributed by atoms with van der Waals surface area (Å²) in [6.07, 6.45) is 3.08. The fraction of sp³-hybridized carbons (Fsp3) is 0.250. The Labute approximate surface area is 122 Å². The molecule has 0 bridgehead atoms. The summed E-state index contributed by atoms with van der Waals surface area (Å²) < 4.78 is 28.6. The van der Waals surface area contributed by atoms with E-state index in [0.717, 1.165) is 0 Å². The number of benzene rings is 1. The number of rotatable bonds is 5. The van der Waals surface area contributed by atoms with E-state index in [9.17, 15) is 8.42 Å². The van der Waals surface area contributed by atoms with E-state index in [1.165, 1.54) is 24.4 Å². The van der Waals surface area contributed by atoms with E-state index in [2.05, 4.69) is 9.82 Å². The van der Waals surface area contributed by atoms with E-state index in [1.807, 2.05) is 6.92 Å². The molecule has 0 saturated carbocycles. The standard InChI is InChI=1S/C12H15ClN4O2S/c1-2-17-8-10(7-15-17)16-20(18,19)11-3-4-12(13)9(5-11)6-14/h3-5,7-8,16H,2,6,14H2,1H3. The number of anilines is 1. The van der Waals surface area contributed by atoms with Crippen molar-refractivity contribution in [1.29, 1.82) is 0 Å². The first kappa shape index (κ1) is 14.8. The highest BCUT2D eigenvalue weighted by atomic mass is 35.5. The van der Waals surface area contributed by atoms with Crippen molar-refractivity contribution in [2.45, 2.75) is 24.9 Å². The number of aromatic nitrogens is 2. The van der Waals surface area contributed by atoms with Gasteiger partial charge in [-0.05, 0) is 30.7 Å². The van der Waals surface area contributed by atoms with Gasteiger partial charge < -0.3 is 5.73 Å². The Kier molecular flexibility index (Phi) is 4.32. The van der Waals surface area contributed by atoms with Crippen molar-refractivity contribution in [2.75, 3.05) is 4.72 Å². The molecule has 20 heavy (non-hydrogen) atoms. The quantitative estimate of drug-likeness (QED) is 0.880. The van der Waals surface area contributed by atoms with Gasteiger partial charge in [0, 0.05) is 24.3 Å². The van der Waals surface area contributed by atoms with Crippen LogP contribution in [0.15, 0.2) is 35.5 Å². The van der Waals surface area contributed by atoms with Crippen LogP contribution in [-0.2, 0) is 23.1 Å². The zero-order chi connectivity index (χ0) is 14.8. The average molecular weight is 315 g/mol. The Morgan fingerprint density at radius 2 is 2.20 bits per heavy atom. The molecule has 0 saturated heterocycles. The molecular formula is C12H15ClN4O2S. The van der Waals surface area contributed by atoms with E-state index < -0.39 is 10.0 Å². The van der Waals surface area contributed by atoms with Crippen LogP contribution in [0.1, 0.15) is 12.5 Å². The smallest absolute Gasteiger partial charge is 0.262 e. The van der Waals surface area contributed by atoms with Crippen molar-refractivity contribution in [1.82, 2.24) is 9.78 Å². The molecule has 0 spiro atoms.